The number of amides is 1. The number of rotatable bonds is 3. The van der Waals surface area contributed by atoms with Gasteiger partial charge in [-0.15, -0.1) is 0 Å². The number of carbonyl (C=O) groups excluding carboxylic acids is 2. The average molecular weight is 339 g/mol. The van der Waals surface area contributed by atoms with Gasteiger partial charge in [-0.25, -0.2) is 0 Å². The monoisotopic (exact) mass is 339 g/mol. The Morgan fingerprint density at radius 2 is 1.58 bits per heavy atom. The highest BCUT2D eigenvalue weighted by Gasteiger charge is 2.33. The Kier molecular flexibility index (Phi) is 6.29. The lowest BCUT2D eigenvalue weighted by Gasteiger charge is -2.36. The predicted molar refractivity (Wildman–Crippen MR) is 92.5 cm³/mol. The minimum Gasteiger partial charge on any atom is -0.455 e. The largest absolute Gasteiger partial charge is 0.455 e. The van der Waals surface area contributed by atoms with Crippen LogP contribution in [0.1, 0.15) is 60.3 Å². The van der Waals surface area contributed by atoms with E-state index in [0.717, 1.165) is 25.7 Å². The van der Waals surface area contributed by atoms with Crippen molar-refractivity contribution in [2.75, 3.05) is 19.7 Å². The summed E-state index contributed by atoms with van der Waals surface area (Å²) in [6, 6.07) is 0. The first-order valence-corrected chi connectivity index (χ1v) is 9.26. The molecule has 0 spiro atoms. The Morgan fingerprint density at radius 3 is 2.08 bits per heavy atom. The van der Waals surface area contributed by atoms with Crippen LogP contribution >= 0.6 is 0 Å². The summed E-state index contributed by atoms with van der Waals surface area (Å²) in [5.41, 5.74) is 0.300. The lowest BCUT2D eigenvalue weighted by Crippen LogP contribution is -2.49. The molecule has 2 aliphatic rings. The van der Waals surface area contributed by atoms with Gasteiger partial charge in [0.15, 0.2) is 6.61 Å². The standard InChI is InChI=1S/C19H33NO4/c1-13-10-20(11-14(2)24-13)17(21)12-23-18(22)15-6-8-16(9-7-15)19(3,4)5/h13-16H,6-12H2,1-5H3. The molecule has 1 saturated heterocycles. The van der Waals surface area contributed by atoms with Gasteiger partial charge in [0.25, 0.3) is 5.91 Å². The fourth-order valence-electron chi connectivity index (χ4n) is 3.92. The summed E-state index contributed by atoms with van der Waals surface area (Å²) in [6.07, 6.45) is 3.94. The van der Waals surface area contributed by atoms with Gasteiger partial charge in [-0.3, -0.25) is 9.59 Å². The maximum atomic E-state index is 12.3. The first kappa shape index (κ1) is 19.2. The van der Waals surface area contributed by atoms with Gasteiger partial charge in [-0.2, -0.15) is 0 Å². The summed E-state index contributed by atoms with van der Waals surface area (Å²) >= 11 is 0. The predicted octanol–water partition coefficient (Wildman–Crippen LogP) is 3.02. The van der Waals surface area contributed by atoms with Crippen LogP contribution < -0.4 is 0 Å². The molecule has 1 heterocycles. The molecule has 138 valence electrons. The SMILES string of the molecule is CC1CN(C(=O)COC(=O)C2CCC(C(C)(C)C)CC2)CC(C)O1. The molecule has 0 bridgehead atoms. The van der Waals surface area contributed by atoms with E-state index in [1.807, 2.05) is 13.8 Å². The van der Waals surface area contributed by atoms with E-state index >= 15 is 0 Å². The van der Waals surface area contributed by atoms with Crippen molar-refractivity contribution in [2.45, 2.75) is 72.5 Å². The van der Waals surface area contributed by atoms with E-state index < -0.39 is 0 Å². The third kappa shape index (κ3) is 5.20. The molecule has 2 rings (SSSR count). The van der Waals surface area contributed by atoms with Crippen molar-refractivity contribution in [1.82, 2.24) is 4.90 Å². The van der Waals surface area contributed by atoms with E-state index in [-0.39, 0.29) is 36.6 Å². The van der Waals surface area contributed by atoms with Crippen LogP contribution in [0.3, 0.4) is 0 Å². The molecule has 2 unspecified atom stereocenters. The van der Waals surface area contributed by atoms with E-state index in [1.54, 1.807) is 4.90 Å². The minimum absolute atomic E-state index is 0.0288. The highest BCUT2D eigenvalue weighted by Crippen LogP contribution is 2.40. The summed E-state index contributed by atoms with van der Waals surface area (Å²) in [5.74, 6) is 0.303. The van der Waals surface area contributed by atoms with E-state index in [2.05, 4.69) is 20.8 Å². The van der Waals surface area contributed by atoms with E-state index in [4.69, 9.17) is 9.47 Å². The van der Waals surface area contributed by atoms with E-state index in [9.17, 15) is 9.59 Å². The first-order valence-electron chi connectivity index (χ1n) is 9.26. The number of hydrogen-bond donors (Lipinski definition) is 0. The molecule has 0 N–H and O–H groups in total. The molecule has 0 aromatic rings. The second kappa shape index (κ2) is 7.85. The third-order valence-electron chi connectivity index (χ3n) is 5.40. The van der Waals surface area contributed by atoms with Crippen molar-refractivity contribution in [1.29, 1.82) is 0 Å². The molecule has 1 saturated carbocycles. The lowest BCUT2D eigenvalue weighted by atomic mass is 9.70. The lowest BCUT2D eigenvalue weighted by molar-refractivity contribution is -0.160. The van der Waals surface area contributed by atoms with Crippen LogP contribution in [0.15, 0.2) is 0 Å². The molecular formula is C19H33NO4. The zero-order chi connectivity index (χ0) is 17.9. The Balaban J connectivity index is 1.74. The summed E-state index contributed by atoms with van der Waals surface area (Å²) in [4.78, 5) is 26.2. The molecule has 0 aromatic heterocycles. The fraction of sp³-hybridized carbons (Fsp3) is 0.895. The number of hydrogen-bond acceptors (Lipinski definition) is 4. The number of nitrogens with zero attached hydrogens (tertiary/aromatic N) is 1. The molecule has 5 nitrogen and oxygen atoms in total. The summed E-state index contributed by atoms with van der Waals surface area (Å²) in [5, 5.41) is 0. The molecular weight excluding hydrogens is 306 g/mol. The molecule has 0 radical (unpaired) electrons. The van der Waals surface area contributed by atoms with Crippen molar-refractivity contribution in [3.63, 3.8) is 0 Å². The van der Waals surface area contributed by atoms with Gasteiger partial charge >= 0.3 is 5.97 Å². The zero-order valence-electron chi connectivity index (χ0n) is 15.8. The molecule has 24 heavy (non-hydrogen) atoms. The number of carbonyl (C=O) groups is 2. The molecule has 2 atom stereocenters. The molecule has 1 amide bonds. The summed E-state index contributed by atoms with van der Waals surface area (Å²) in [7, 11) is 0. The van der Waals surface area contributed by atoms with Gasteiger partial charge in [0.1, 0.15) is 0 Å². The fourth-order valence-corrected chi connectivity index (χ4v) is 3.92. The smallest absolute Gasteiger partial charge is 0.309 e. The molecule has 1 aliphatic carbocycles. The van der Waals surface area contributed by atoms with Crippen molar-refractivity contribution in [3.8, 4) is 0 Å². The van der Waals surface area contributed by atoms with Gasteiger partial charge in [0.05, 0.1) is 18.1 Å². The molecule has 5 heteroatoms. The second-order valence-electron chi connectivity index (χ2n) is 8.58. The number of morpholine rings is 1. The van der Waals surface area contributed by atoms with Crippen molar-refractivity contribution in [2.24, 2.45) is 17.3 Å². The second-order valence-corrected chi connectivity index (χ2v) is 8.58. The van der Waals surface area contributed by atoms with E-state index in [1.165, 1.54) is 0 Å². The van der Waals surface area contributed by atoms with Crippen molar-refractivity contribution >= 4 is 11.9 Å². The summed E-state index contributed by atoms with van der Waals surface area (Å²) < 4.78 is 10.9. The Hall–Kier alpha value is -1.10. The van der Waals surface area contributed by atoms with Crippen molar-refractivity contribution in [3.05, 3.63) is 0 Å². The first-order chi connectivity index (χ1) is 11.2. The summed E-state index contributed by atoms with van der Waals surface area (Å²) in [6.45, 7) is 11.7. The highest BCUT2D eigenvalue weighted by atomic mass is 16.5. The third-order valence-corrected chi connectivity index (χ3v) is 5.40. The van der Waals surface area contributed by atoms with Crippen LogP contribution in [0.4, 0.5) is 0 Å². The van der Waals surface area contributed by atoms with Gasteiger partial charge in [0.2, 0.25) is 0 Å². The number of ether oxygens (including phenoxy) is 2. The molecule has 1 aliphatic heterocycles. The Morgan fingerprint density at radius 1 is 1.04 bits per heavy atom. The van der Waals surface area contributed by atoms with Crippen LogP contribution in [0.5, 0.6) is 0 Å². The highest BCUT2D eigenvalue weighted by molar-refractivity contribution is 5.81. The molecule has 0 aromatic carbocycles. The normalized spacial score (nSPS) is 31.6. The quantitative estimate of drug-likeness (QED) is 0.742. The molecule has 2 fully saturated rings. The van der Waals surface area contributed by atoms with Gasteiger partial charge < -0.3 is 14.4 Å². The maximum absolute atomic E-state index is 12.3. The Bertz CT molecular complexity index is 439. The van der Waals surface area contributed by atoms with Crippen LogP contribution in [0.2, 0.25) is 0 Å². The van der Waals surface area contributed by atoms with E-state index in [0.29, 0.717) is 24.4 Å². The van der Waals surface area contributed by atoms with Crippen LogP contribution in [0.25, 0.3) is 0 Å². The topological polar surface area (TPSA) is 55.8 Å². The van der Waals surface area contributed by atoms with Gasteiger partial charge in [-0.1, -0.05) is 20.8 Å². The number of esters is 1. The minimum atomic E-state index is -0.204. The van der Waals surface area contributed by atoms with Crippen LogP contribution in [-0.2, 0) is 19.1 Å². The van der Waals surface area contributed by atoms with Crippen LogP contribution in [0, 0.1) is 17.3 Å². The maximum Gasteiger partial charge on any atom is 0.309 e. The Labute approximate surface area is 146 Å². The van der Waals surface area contributed by atoms with Gasteiger partial charge in [0, 0.05) is 13.1 Å². The van der Waals surface area contributed by atoms with Crippen LogP contribution in [-0.4, -0.2) is 48.7 Å². The average Bonchev–Trinajstić information content (AvgIpc) is 2.50. The van der Waals surface area contributed by atoms with Crippen molar-refractivity contribution < 1.29 is 19.1 Å². The van der Waals surface area contributed by atoms with Gasteiger partial charge in [-0.05, 0) is 50.9 Å². The zero-order valence-corrected chi connectivity index (χ0v) is 15.8.